The molecule has 0 saturated carbocycles. The predicted molar refractivity (Wildman–Crippen MR) is 135 cm³/mol. The van der Waals surface area contributed by atoms with E-state index in [-0.39, 0.29) is 5.69 Å². The van der Waals surface area contributed by atoms with Crippen molar-refractivity contribution >= 4 is 33.5 Å². The van der Waals surface area contributed by atoms with Gasteiger partial charge in [0.25, 0.3) is 5.56 Å². The Balaban J connectivity index is 1.80. The second kappa shape index (κ2) is 8.39. The number of para-hydroxylation sites is 1. The minimum atomic E-state index is -0.647. The van der Waals surface area contributed by atoms with Crippen LogP contribution in [0.4, 0.5) is 10.1 Å². The predicted octanol–water partition coefficient (Wildman–Crippen LogP) is 4.04. The summed E-state index contributed by atoms with van der Waals surface area (Å²) in [6.45, 7) is 3.38. The zero-order chi connectivity index (χ0) is 24.9. The van der Waals surface area contributed by atoms with Crippen LogP contribution in [0.25, 0.3) is 27.6 Å². The van der Waals surface area contributed by atoms with Crippen molar-refractivity contribution < 1.29 is 9.18 Å². The van der Waals surface area contributed by atoms with E-state index < -0.39 is 29.5 Å². The number of aromatic nitrogens is 3. The van der Waals surface area contributed by atoms with E-state index in [1.54, 1.807) is 35.9 Å². The Morgan fingerprint density at radius 3 is 2.40 bits per heavy atom. The number of hydrogen-bond acceptors (Lipinski definition) is 3. The van der Waals surface area contributed by atoms with Gasteiger partial charge in [0.1, 0.15) is 17.9 Å². The van der Waals surface area contributed by atoms with Crippen LogP contribution in [0.3, 0.4) is 0 Å². The molecule has 5 rings (SSSR count). The van der Waals surface area contributed by atoms with Crippen LogP contribution in [0.2, 0.25) is 0 Å². The average molecular weight is 471 g/mol. The summed E-state index contributed by atoms with van der Waals surface area (Å²) >= 11 is 0. The number of carbonyl (C=O) groups excluding carboxylic acids is 1. The number of fused-ring (bicyclic) bond motifs is 3. The van der Waals surface area contributed by atoms with E-state index in [0.29, 0.717) is 22.1 Å². The van der Waals surface area contributed by atoms with E-state index in [1.165, 1.54) is 22.8 Å². The summed E-state index contributed by atoms with van der Waals surface area (Å²) in [5, 5.41) is 3.22. The van der Waals surface area contributed by atoms with E-state index in [2.05, 4.69) is 5.32 Å². The first-order valence-corrected chi connectivity index (χ1v) is 11.1. The van der Waals surface area contributed by atoms with Crippen LogP contribution in [0.1, 0.15) is 11.1 Å². The van der Waals surface area contributed by atoms with Crippen LogP contribution in [-0.4, -0.2) is 19.6 Å². The molecule has 0 unspecified atom stereocenters. The van der Waals surface area contributed by atoms with Crippen LogP contribution in [0.15, 0.2) is 76.3 Å². The molecule has 0 bridgehead atoms. The van der Waals surface area contributed by atoms with Gasteiger partial charge in [-0.3, -0.25) is 14.2 Å². The van der Waals surface area contributed by atoms with Crippen LogP contribution in [0.5, 0.6) is 0 Å². The Morgan fingerprint density at radius 1 is 0.914 bits per heavy atom. The molecule has 3 aromatic carbocycles. The third-order valence-electron chi connectivity index (χ3n) is 6.14. The van der Waals surface area contributed by atoms with Crippen LogP contribution in [0, 0.1) is 19.7 Å². The highest BCUT2D eigenvalue weighted by atomic mass is 19.1. The van der Waals surface area contributed by atoms with E-state index >= 15 is 0 Å². The average Bonchev–Trinajstić information content (AvgIpc) is 3.10. The van der Waals surface area contributed by atoms with E-state index in [0.717, 1.165) is 21.2 Å². The Morgan fingerprint density at radius 2 is 1.66 bits per heavy atom. The van der Waals surface area contributed by atoms with Crippen molar-refractivity contribution in [3.05, 3.63) is 105 Å². The fourth-order valence-corrected chi connectivity index (χ4v) is 4.50. The summed E-state index contributed by atoms with van der Waals surface area (Å²) in [6, 6.07) is 18.6. The van der Waals surface area contributed by atoms with Crippen molar-refractivity contribution in [2.45, 2.75) is 20.4 Å². The number of amides is 1. The van der Waals surface area contributed by atoms with Crippen molar-refractivity contribution in [2.75, 3.05) is 5.32 Å². The Labute approximate surface area is 199 Å². The first-order chi connectivity index (χ1) is 16.8. The van der Waals surface area contributed by atoms with E-state index in [9.17, 15) is 18.8 Å². The van der Waals surface area contributed by atoms with Crippen molar-refractivity contribution in [2.24, 2.45) is 7.05 Å². The first-order valence-electron chi connectivity index (χ1n) is 11.1. The highest BCUT2D eigenvalue weighted by Crippen LogP contribution is 2.27. The summed E-state index contributed by atoms with van der Waals surface area (Å²) in [7, 11) is 1.76. The smallest absolute Gasteiger partial charge is 0.336 e. The molecule has 5 aromatic rings. The topological polar surface area (TPSA) is 78.0 Å². The molecule has 0 atom stereocenters. The minimum absolute atomic E-state index is 0.0163. The van der Waals surface area contributed by atoms with Gasteiger partial charge in [-0.2, -0.15) is 0 Å². The SMILES string of the molecule is Cc1cccc(-n2c(=O)c3c(c4cc(C)ccc4n3C)n(CC(=O)Nc3ccccc3F)c2=O)c1. The number of rotatable bonds is 4. The summed E-state index contributed by atoms with van der Waals surface area (Å²) in [5.41, 5.74) is 2.55. The highest BCUT2D eigenvalue weighted by Gasteiger charge is 2.22. The Kier molecular flexibility index (Phi) is 5.36. The van der Waals surface area contributed by atoms with Gasteiger partial charge in [-0.05, 0) is 55.8 Å². The molecule has 0 fully saturated rings. The summed E-state index contributed by atoms with van der Waals surface area (Å²) in [5.74, 6) is -1.17. The molecule has 2 heterocycles. The lowest BCUT2D eigenvalue weighted by Gasteiger charge is -2.14. The quantitative estimate of drug-likeness (QED) is 0.431. The van der Waals surface area contributed by atoms with Gasteiger partial charge in [-0.1, -0.05) is 35.9 Å². The molecule has 0 aliphatic carbocycles. The largest absolute Gasteiger partial charge is 0.338 e. The fraction of sp³-hybridized carbons (Fsp3) is 0.148. The molecule has 0 spiro atoms. The zero-order valence-electron chi connectivity index (χ0n) is 19.5. The number of benzene rings is 3. The standard InChI is InChI=1S/C27H23FN4O3/c1-16-7-6-8-18(13-16)32-26(34)25-24(19-14-17(2)11-12-22(19)30(25)3)31(27(32)35)15-23(33)29-21-10-5-4-9-20(21)28/h4-14H,15H2,1-3H3,(H,29,33). The number of nitrogens with one attached hydrogen (secondary N) is 1. The number of anilines is 1. The molecule has 1 amide bonds. The van der Waals surface area contributed by atoms with Crippen molar-refractivity contribution in [3.8, 4) is 5.69 Å². The molecule has 0 aliphatic heterocycles. The molecular formula is C27H23FN4O3. The molecule has 8 heteroatoms. The molecule has 2 aromatic heterocycles. The second-order valence-corrected chi connectivity index (χ2v) is 8.65. The van der Waals surface area contributed by atoms with Crippen LogP contribution >= 0.6 is 0 Å². The van der Waals surface area contributed by atoms with Crippen molar-refractivity contribution in [1.82, 2.24) is 13.7 Å². The zero-order valence-corrected chi connectivity index (χ0v) is 19.5. The Hall–Kier alpha value is -4.46. The second-order valence-electron chi connectivity index (χ2n) is 8.65. The lowest BCUT2D eigenvalue weighted by molar-refractivity contribution is -0.116. The van der Waals surface area contributed by atoms with Crippen LogP contribution in [-0.2, 0) is 18.4 Å². The number of halogens is 1. The van der Waals surface area contributed by atoms with Gasteiger partial charge in [0.05, 0.1) is 22.4 Å². The van der Waals surface area contributed by atoms with Gasteiger partial charge < -0.3 is 9.88 Å². The molecule has 0 saturated heterocycles. The Bertz CT molecular complexity index is 1760. The summed E-state index contributed by atoms with van der Waals surface area (Å²) < 4.78 is 18.2. The van der Waals surface area contributed by atoms with Gasteiger partial charge in [0.2, 0.25) is 5.91 Å². The monoisotopic (exact) mass is 470 g/mol. The van der Waals surface area contributed by atoms with E-state index in [4.69, 9.17) is 0 Å². The maximum atomic E-state index is 14.1. The lowest BCUT2D eigenvalue weighted by Crippen LogP contribution is -2.41. The number of hydrogen-bond donors (Lipinski definition) is 1. The van der Waals surface area contributed by atoms with Crippen LogP contribution < -0.4 is 16.6 Å². The fourth-order valence-electron chi connectivity index (χ4n) is 4.50. The molecule has 0 radical (unpaired) electrons. The van der Waals surface area contributed by atoms with Gasteiger partial charge in [0, 0.05) is 12.4 Å². The molecule has 176 valence electrons. The maximum absolute atomic E-state index is 14.1. The normalized spacial score (nSPS) is 11.3. The van der Waals surface area contributed by atoms with Gasteiger partial charge in [0.15, 0.2) is 0 Å². The molecular weight excluding hydrogens is 447 g/mol. The van der Waals surface area contributed by atoms with Crippen molar-refractivity contribution in [1.29, 1.82) is 0 Å². The minimum Gasteiger partial charge on any atom is -0.338 e. The molecule has 35 heavy (non-hydrogen) atoms. The summed E-state index contributed by atoms with van der Waals surface area (Å²) in [4.78, 5) is 40.5. The number of carbonyl (C=O) groups is 1. The first kappa shape index (κ1) is 22.3. The maximum Gasteiger partial charge on any atom is 0.336 e. The lowest BCUT2D eigenvalue weighted by atomic mass is 10.1. The third kappa shape index (κ3) is 3.73. The molecule has 7 nitrogen and oxygen atoms in total. The number of nitrogens with zero attached hydrogens (tertiary/aromatic N) is 3. The highest BCUT2D eigenvalue weighted by molar-refractivity contribution is 6.06. The number of aryl methyl sites for hydroxylation is 3. The van der Waals surface area contributed by atoms with Gasteiger partial charge >= 0.3 is 5.69 Å². The third-order valence-corrected chi connectivity index (χ3v) is 6.14. The van der Waals surface area contributed by atoms with Crippen molar-refractivity contribution in [3.63, 3.8) is 0 Å². The van der Waals surface area contributed by atoms with Gasteiger partial charge in [-0.25, -0.2) is 13.8 Å². The molecule has 0 aliphatic rings. The summed E-state index contributed by atoms with van der Waals surface area (Å²) in [6.07, 6.45) is 0. The molecule has 1 N–H and O–H groups in total. The van der Waals surface area contributed by atoms with Gasteiger partial charge in [-0.15, -0.1) is 0 Å². The van der Waals surface area contributed by atoms with E-state index in [1.807, 2.05) is 38.1 Å².